The van der Waals surface area contributed by atoms with E-state index in [4.69, 9.17) is 9.26 Å². The molecule has 2 amide bonds. The Hall–Kier alpha value is -2.90. The number of rotatable bonds is 8. The van der Waals surface area contributed by atoms with E-state index in [1.807, 2.05) is 26.0 Å². The molecule has 0 aliphatic heterocycles. The van der Waals surface area contributed by atoms with E-state index in [2.05, 4.69) is 46.8 Å². The number of nitrogens with one attached hydrogen (secondary N) is 2. The Bertz CT molecular complexity index is 880. The first-order valence-corrected chi connectivity index (χ1v) is 10.6. The molecule has 1 heterocycles. The van der Waals surface area contributed by atoms with E-state index >= 15 is 0 Å². The molecule has 31 heavy (non-hydrogen) atoms. The predicted octanol–water partition coefficient (Wildman–Crippen LogP) is 4.21. The number of amides is 2. The van der Waals surface area contributed by atoms with Crippen LogP contribution in [0.5, 0.6) is 0 Å². The van der Waals surface area contributed by atoms with Gasteiger partial charge in [0.05, 0.1) is 5.54 Å². The molecule has 1 aromatic heterocycles. The van der Waals surface area contributed by atoms with Crippen LogP contribution in [0.1, 0.15) is 72.3 Å². The van der Waals surface area contributed by atoms with Crippen LogP contribution < -0.4 is 10.6 Å². The van der Waals surface area contributed by atoms with Gasteiger partial charge in [-0.05, 0) is 46.1 Å². The van der Waals surface area contributed by atoms with Crippen molar-refractivity contribution in [3.8, 4) is 11.4 Å². The van der Waals surface area contributed by atoms with Gasteiger partial charge in [0.25, 0.3) is 0 Å². The van der Waals surface area contributed by atoms with E-state index in [-0.39, 0.29) is 18.9 Å². The predicted molar refractivity (Wildman–Crippen MR) is 119 cm³/mol. The number of benzene rings is 1. The average molecular weight is 431 g/mol. The average Bonchev–Trinajstić information content (AvgIpc) is 3.12. The number of aryl methyl sites for hydroxylation is 1. The molecule has 170 valence electrons. The van der Waals surface area contributed by atoms with Gasteiger partial charge in [0.2, 0.25) is 17.6 Å². The summed E-state index contributed by atoms with van der Waals surface area (Å²) in [7, 11) is 0. The molecular weight excluding hydrogens is 396 g/mol. The monoisotopic (exact) mass is 430 g/mol. The number of carbonyl (C=O) groups excluding carboxylic acids is 2. The Labute approximate surface area is 184 Å². The molecule has 2 aromatic rings. The summed E-state index contributed by atoms with van der Waals surface area (Å²) >= 11 is 0. The molecule has 0 unspecified atom stereocenters. The first-order chi connectivity index (χ1) is 14.3. The molecule has 8 nitrogen and oxygen atoms in total. The van der Waals surface area contributed by atoms with Gasteiger partial charge in [-0.25, -0.2) is 4.79 Å². The molecule has 0 spiro atoms. The second kappa shape index (κ2) is 9.94. The lowest BCUT2D eigenvalue weighted by atomic mass is 10.0. The van der Waals surface area contributed by atoms with Gasteiger partial charge in [-0.1, -0.05) is 43.3 Å². The SMILES string of the molecule is CC(C)c1ccc(-c2noc(CCC(=O)NC(C)(C)CNC(=O)OC(C)(C)C)n2)cc1. The Morgan fingerprint density at radius 3 is 2.32 bits per heavy atom. The van der Waals surface area contributed by atoms with Crippen molar-refractivity contribution in [1.29, 1.82) is 0 Å². The molecule has 2 N–H and O–H groups in total. The number of hydrogen-bond acceptors (Lipinski definition) is 6. The molecule has 0 saturated carbocycles. The molecule has 0 aliphatic carbocycles. The minimum absolute atomic E-state index is 0.169. The van der Waals surface area contributed by atoms with Gasteiger partial charge in [0.15, 0.2) is 0 Å². The summed E-state index contributed by atoms with van der Waals surface area (Å²) in [5.74, 6) is 1.20. The fourth-order valence-electron chi connectivity index (χ4n) is 2.80. The topological polar surface area (TPSA) is 106 Å². The third kappa shape index (κ3) is 8.39. The minimum Gasteiger partial charge on any atom is -0.444 e. The maximum atomic E-state index is 12.3. The van der Waals surface area contributed by atoms with Crippen LogP contribution in [0.2, 0.25) is 0 Å². The van der Waals surface area contributed by atoms with Gasteiger partial charge in [-0.15, -0.1) is 0 Å². The zero-order chi connectivity index (χ0) is 23.2. The Morgan fingerprint density at radius 1 is 1.10 bits per heavy atom. The lowest BCUT2D eigenvalue weighted by Gasteiger charge is -2.27. The summed E-state index contributed by atoms with van der Waals surface area (Å²) in [6, 6.07) is 8.04. The number of nitrogens with zero attached hydrogens (tertiary/aromatic N) is 2. The molecule has 0 fully saturated rings. The fourth-order valence-corrected chi connectivity index (χ4v) is 2.80. The van der Waals surface area contributed by atoms with Crippen molar-refractivity contribution >= 4 is 12.0 Å². The summed E-state index contributed by atoms with van der Waals surface area (Å²) in [4.78, 5) is 28.5. The molecule has 2 rings (SSSR count). The highest BCUT2D eigenvalue weighted by Gasteiger charge is 2.23. The second-order valence-corrected chi connectivity index (χ2v) is 9.58. The van der Waals surface area contributed by atoms with Crippen LogP contribution in [0.15, 0.2) is 28.8 Å². The molecule has 0 radical (unpaired) electrons. The van der Waals surface area contributed by atoms with Crippen molar-refractivity contribution in [3.63, 3.8) is 0 Å². The number of aromatic nitrogens is 2. The third-order valence-corrected chi connectivity index (χ3v) is 4.42. The van der Waals surface area contributed by atoms with E-state index in [1.165, 1.54) is 5.56 Å². The van der Waals surface area contributed by atoms with E-state index in [0.717, 1.165) is 5.56 Å². The first-order valence-electron chi connectivity index (χ1n) is 10.6. The highest BCUT2D eigenvalue weighted by molar-refractivity contribution is 5.77. The summed E-state index contributed by atoms with van der Waals surface area (Å²) in [6.07, 6.45) is 0.0112. The number of alkyl carbamates (subject to hydrolysis) is 1. The van der Waals surface area contributed by atoms with Crippen molar-refractivity contribution in [1.82, 2.24) is 20.8 Å². The highest BCUT2D eigenvalue weighted by Crippen LogP contribution is 2.20. The standard InChI is InChI=1S/C23H34N4O4/c1-15(2)16-8-10-17(11-9-16)20-25-19(31-27-20)13-12-18(28)26-23(6,7)14-24-21(29)30-22(3,4)5/h8-11,15H,12-14H2,1-7H3,(H,24,29)(H,26,28). The first kappa shape index (κ1) is 24.4. The minimum atomic E-state index is -0.633. The zero-order valence-electron chi connectivity index (χ0n) is 19.5. The van der Waals surface area contributed by atoms with E-state index in [9.17, 15) is 9.59 Å². The molecule has 8 heteroatoms. The highest BCUT2D eigenvalue weighted by atomic mass is 16.6. The van der Waals surface area contributed by atoms with Crippen LogP contribution in [0, 0.1) is 0 Å². The van der Waals surface area contributed by atoms with E-state index < -0.39 is 17.2 Å². The van der Waals surface area contributed by atoms with Gasteiger partial charge in [-0.3, -0.25) is 4.79 Å². The van der Waals surface area contributed by atoms with Gasteiger partial charge in [-0.2, -0.15) is 4.98 Å². The van der Waals surface area contributed by atoms with E-state index in [0.29, 0.717) is 24.1 Å². The summed E-state index contributed by atoms with van der Waals surface area (Å²) in [5, 5.41) is 9.59. The van der Waals surface area contributed by atoms with Gasteiger partial charge in [0, 0.05) is 24.9 Å². The van der Waals surface area contributed by atoms with Crippen molar-refractivity contribution in [2.45, 2.75) is 78.4 Å². The quantitative estimate of drug-likeness (QED) is 0.650. The summed E-state index contributed by atoms with van der Waals surface area (Å²) < 4.78 is 10.5. The smallest absolute Gasteiger partial charge is 0.407 e. The van der Waals surface area contributed by atoms with Crippen LogP contribution in [0.4, 0.5) is 4.79 Å². The Morgan fingerprint density at radius 2 is 1.74 bits per heavy atom. The number of hydrogen-bond donors (Lipinski definition) is 2. The van der Waals surface area contributed by atoms with Crippen molar-refractivity contribution in [2.75, 3.05) is 6.54 Å². The lowest BCUT2D eigenvalue weighted by Crippen LogP contribution is -2.52. The lowest BCUT2D eigenvalue weighted by molar-refractivity contribution is -0.122. The zero-order valence-corrected chi connectivity index (χ0v) is 19.5. The van der Waals surface area contributed by atoms with Crippen molar-refractivity contribution in [2.24, 2.45) is 0 Å². The van der Waals surface area contributed by atoms with E-state index in [1.54, 1.807) is 20.8 Å². The second-order valence-electron chi connectivity index (χ2n) is 9.58. The van der Waals surface area contributed by atoms with Crippen LogP contribution in [0.25, 0.3) is 11.4 Å². The van der Waals surface area contributed by atoms with Gasteiger partial charge in [0.1, 0.15) is 5.60 Å². The van der Waals surface area contributed by atoms with Crippen LogP contribution in [-0.2, 0) is 16.0 Å². The largest absolute Gasteiger partial charge is 0.444 e. The number of ether oxygens (including phenoxy) is 1. The molecule has 0 aliphatic rings. The Kier molecular flexibility index (Phi) is 7.81. The van der Waals surface area contributed by atoms with Crippen LogP contribution >= 0.6 is 0 Å². The molecule has 1 aromatic carbocycles. The van der Waals surface area contributed by atoms with Crippen molar-refractivity contribution < 1.29 is 18.8 Å². The Balaban J connectivity index is 1.82. The molecule has 0 saturated heterocycles. The molecule has 0 atom stereocenters. The maximum Gasteiger partial charge on any atom is 0.407 e. The molecular formula is C23H34N4O4. The maximum absolute atomic E-state index is 12.3. The van der Waals surface area contributed by atoms with Crippen LogP contribution in [0.3, 0.4) is 0 Å². The fraction of sp³-hybridized carbons (Fsp3) is 0.565. The normalized spacial score (nSPS) is 12.0. The van der Waals surface area contributed by atoms with Crippen molar-refractivity contribution in [3.05, 3.63) is 35.7 Å². The molecule has 0 bridgehead atoms. The summed E-state index contributed by atoms with van der Waals surface area (Å²) in [6.45, 7) is 13.6. The van der Waals surface area contributed by atoms with Gasteiger partial charge >= 0.3 is 6.09 Å². The van der Waals surface area contributed by atoms with Gasteiger partial charge < -0.3 is 19.9 Å². The third-order valence-electron chi connectivity index (χ3n) is 4.42. The summed E-state index contributed by atoms with van der Waals surface area (Å²) in [5.41, 5.74) is 0.911. The van der Waals surface area contributed by atoms with Crippen LogP contribution in [-0.4, -0.2) is 39.8 Å². The number of carbonyl (C=O) groups is 2.